The number of carboxylic acid groups (broad SMARTS) is 1. The summed E-state index contributed by atoms with van der Waals surface area (Å²) in [6.07, 6.45) is 4.53. The maximum atomic E-state index is 11.6. The monoisotopic (exact) mass is 279 g/mol. The molecule has 1 unspecified atom stereocenters. The summed E-state index contributed by atoms with van der Waals surface area (Å²) in [7, 11) is 0. The van der Waals surface area contributed by atoms with Gasteiger partial charge in [-0.3, -0.25) is 4.98 Å². The van der Waals surface area contributed by atoms with E-state index < -0.39 is 5.97 Å². The van der Waals surface area contributed by atoms with Crippen molar-refractivity contribution >= 4 is 12.0 Å². The maximum absolute atomic E-state index is 11.6. The fourth-order valence-electron chi connectivity index (χ4n) is 1.74. The van der Waals surface area contributed by atoms with E-state index in [0.29, 0.717) is 5.69 Å². The second kappa shape index (κ2) is 8.14. The molecule has 110 valence electrons. The molecule has 1 heterocycles. The number of carbonyl (C=O) groups is 2. The molecule has 20 heavy (non-hydrogen) atoms. The van der Waals surface area contributed by atoms with Crippen LogP contribution in [0.5, 0.6) is 0 Å². The highest BCUT2D eigenvalue weighted by Crippen LogP contribution is 2.02. The van der Waals surface area contributed by atoms with Crippen LogP contribution in [0.1, 0.15) is 49.2 Å². The van der Waals surface area contributed by atoms with Crippen LogP contribution in [0.2, 0.25) is 0 Å². The molecule has 1 rings (SSSR count). The summed E-state index contributed by atoms with van der Waals surface area (Å²) >= 11 is 0. The van der Waals surface area contributed by atoms with Gasteiger partial charge in [0.05, 0.1) is 17.8 Å². The number of nitrogens with zero attached hydrogens (tertiary/aromatic N) is 1. The average Bonchev–Trinajstić information content (AvgIpc) is 2.43. The Morgan fingerprint density at radius 2 is 2.20 bits per heavy atom. The molecule has 6 nitrogen and oxygen atoms in total. The third kappa shape index (κ3) is 5.69. The first-order valence-electron chi connectivity index (χ1n) is 6.75. The highest BCUT2D eigenvalue weighted by molar-refractivity contribution is 5.87. The fourth-order valence-corrected chi connectivity index (χ4v) is 1.74. The number of rotatable bonds is 7. The molecule has 3 N–H and O–H groups in total. The Kier molecular flexibility index (Phi) is 6.49. The molecule has 1 aromatic heterocycles. The minimum absolute atomic E-state index is 0.119. The van der Waals surface area contributed by atoms with Gasteiger partial charge >= 0.3 is 12.0 Å². The lowest BCUT2D eigenvalue weighted by Gasteiger charge is -2.14. The molecule has 0 aliphatic rings. The van der Waals surface area contributed by atoms with E-state index in [2.05, 4.69) is 22.5 Å². The van der Waals surface area contributed by atoms with E-state index in [9.17, 15) is 9.59 Å². The summed E-state index contributed by atoms with van der Waals surface area (Å²) < 4.78 is 0. The number of carbonyl (C=O) groups excluding carboxylic acids is 1. The lowest BCUT2D eigenvalue weighted by molar-refractivity contribution is 0.0696. The van der Waals surface area contributed by atoms with Crippen LogP contribution in [0.25, 0.3) is 0 Å². The van der Waals surface area contributed by atoms with Crippen molar-refractivity contribution in [3.8, 4) is 0 Å². The summed E-state index contributed by atoms with van der Waals surface area (Å²) in [6.45, 7) is 4.26. The number of carboxylic acids is 1. The molecule has 2 amide bonds. The predicted molar refractivity (Wildman–Crippen MR) is 75.6 cm³/mol. The number of unbranched alkanes of at least 4 members (excludes halogenated alkanes) is 1. The molecular weight excluding hydrogens is 258 g/mol. The van der Waals surface area contributed by atoms with Gasteiger partial charge in [0, 0.05) is 12.2 Å². The van der Waals surface area contributed by atoms with Crippen LogP contribution in [0, 0.1) is 0 Å². The topological polar surface area (TPSA) is 91.3 Å². The van der Waals surface area contributed by atoms with E-state index >= 15 is 0 Å². The standard InChI is InChI=1S/C14H21N3O3/c1-3-4-5-10(2)17-14(20)16-9-12-8-11(13(18)19)6-7-15-12/h6-8,10H,3-5,9H2,1-2H3,(H,18,19)(H2,16,17,20). The molecule has 0 aromatic carbocycles. The molecule has 0 fully saturated rings. The summed E-state index contributed by atoms with van der Waals surface area (Å²) in [6, 6.07) is 2.71. The van der Waals surface area contributed by atoms with Crippen LogP contribution in [0.4, 0.5) is 4.79 Å². The van der Waals surface area contributed by atoms with Crippen LogP contribution in [0.3, 0.4) is 0 Å². The number of hydrogen-bond donors (Lipinski definition) is 3. The Bertz CT molecular complexity index is 463. The van der Waals surface area contributed by atoms with Crippen LogP contribution >= 0.6 is 0 Å². The minimum atomic E-state index is -1.01. The molecule has 1 aromatic rings. The Morgan fingerprint density at radius 1 is 1.45 bits per heavy atom. The second-order valence-corrected chi connectivity index (χ2v) is 4.71. The lowest BCUT2D eigenvalue weighted by Crippen LogP contribution is -2.40. The molecule has 6 heteroatoms. The summed E-state index contributed by atoms with van der Waals surface area (Å²) in [5.74, 6) is -1.01. The first-order valence-corrected chi connectivity index (χ1v) is 6.75. The molecule has 0 aliphatic carbocycles. The smallest absolute Gasteiger partial charge is 0.335 e. The molecule has 0 radical (unpaired) electrons. The average molecular weight is 279 g/mol. The van der Waals surface area contributed by atoms with E-state index in [4.69, 9.17) is 5.11 Å². The third-order valence-electron chi connectivity index (χ3n) is 2.86. The number of urea groups is 1. The van der Waals surface area contributed by atoms with E-state index in [-0.39, 0.29) is 24.2 Å². The zero-order chi connectivity index (χ0) is 15.0. The van der Waals surface area contributed by atoms with Crippen LogP contribution in [-0.4, -0.2) is 28.1 Å². The van der Waals surface area contributed by atoms with Crippen molar-refractivity contribution in [1.29, 1.82) is 0 Å². The number of aromatic carboxylic acids is 1. The summed E-state index contributed by atoms with van der Waals surface area (Å²) in [5, 5.41) is 14.4. The van der Waals surface area contributed by atoms with Crippen molar-refractivity contribution < 1.29 is 14.7 Å². The number of aromatic nitrogens is 1. The van der Waals surface area contributed by atoms with Crippen LogP contribution in [0.15, 0.2) is 18.3 Å². The van der Waals surface area contributed by atoms with Gasteiger partial charge in [-0.25, -0.2) is 9.59 Å². The van der Waals surface area contributed by atoms with Gasteiger partial charge in [0.1, 0.15) is 0 Å². The Balaban J connectivity index is 2.41. The van der Waals surface area contributed by atoms with E-state index in [1.807, 2.05) is 6.92 Å². The lowest BCUT2D eigenvalue weighted by atomic mass is 10.1. The number of amides is 2. The van der Waals surface area contributed by atoms with Crippen molar-refractivity contribution in [2.45, 2.75) is 45.7 Å². The van der Waals surface area contributed by atoms with Gasteiger partial charge < -0.3 is 15.7 Å². The van der Waals surface area contributed by atoms with E-state index in [0.717, 1.165) is 19.3 Å². The molecule has 0 saturated carbocycles. The van der Waals surface area contributed by atoms with Crippen molar-refractivity contribution in [3.63, 3.8) is 0 Å². The highest BCUT2D eigenvalue weighted by Gasteiger charge is 2.08. The Morgan fingerprint density at radius 3 is 2.85 bits per heavy atom. The second-order valence-electron chi connectivity index (χ2n) is 4.71. The zero-order valence-corrected chi connectivity index (χ0v) is 11.8. The van der Waals surface area contributed by atoms with E-state index in [1.54, 1.807) is 0 Å². The first-order chi connectivity index (χ1) is 9.52. The first kappa shape index (κ1) is 15.9. The SMILES string of the molecule is CCCCC(C)NC(=O)NCc1cc(C(=O)O)ccn1. The molecule has 0 saturated heterocycles. The molecule has 0 spiro atoms. The number of hydrogen-bond acceptors (Lipinski definition) is 3. The van der Waals surface area contributed by atoms with E-state index in [1.165, 1.54) is 18.3 Å². The fraction of sp³-hybridized carbons (Fsp3) is 0.500. The van der Waals surface area contributed by atoms with Crippen molar-refractivity contribution in [2.75, 3.05) is 0 Å². The zero-order valence-electron chi connectivity index (χ0n) is 11.8. The predicted octanol–water partition coefficient (Wildman–Crippen LogP) is 2.16. The Labute approximate surface area is 118 Å². The van der Waals surface area contributed by atoms with Gasteiger partial charge in [-0.2, -0.15) is 0 Å². The minimum Gasteiger partial charge on any atom is -0.478 e. The highest BCUT2D eigenvalue weighted by atomic mass is 16.4. The number of pyridine rings is 1. The largest absolute Gasteiger partial charge is 0.478 e. The van der Waals surface area contributed by atoms with Gasteiger partial charge in [-0.15, -0.1) is 0 Å². The van der Waals surface area contributed by atoms with Crippen LogP contribution in [-0.2, 0) is 6.54 Å². The van der Waals surface area contributed by atoms with Gasteiger partial charge in [0.25, 0.3) is 0 Å². The molecule has 1 atom stereocenters. The maximum Gasteiger partial charge on any atom is 0.335 e. The van der Waals surface area contributed by atoms with Crippen LogP contribution < -0.4 is 10.6 Å². The third-order valence-corrected chi connectivity index (χ3v) is 2.86. The van der Waals surface area contributed by atoms with Gasteiger partial charge in [0.15, 0.2) is 0 Å². The molecular formula is C14H21N3O3. The van der Waals surface area contributed by atoms with Crippen molar-refractivity contribution in [3.05, 3.63) is 29.6 Å². The molecule has 0 aliphatic heterocycles. The normalized spacial score (nSPS) is 11.7. The van der Waals surface area contributed by atoms with Gasteiger partial charge in [-0.1, -0.05) is 19.8 Å². The van der Waals surface area contributed by atoms with Crippen molar-refractivity contribution in [2.24, 2.45) is 0 Å². The summed E-state index contributed by atoms with van der Waals surface area (Å²) in [5.41, 5.74) is 0.676. The van der Waals surface area contributed by atoms with Gasteiger partial charge in [-0.05, 0) is 25.5 Å². The number of nitrogens with one attached hydrogen (secondary N) is 2. The van der Waals surface area contributed by atoms with Gasteiger partial charge in [0.2, 0.25) is 0 Å². The Hall–Kier alpha value is -2.11. The molecule has 0 bridgehead atoms. The summed E-state index contributed by atoms with van der Waals surface area (Å²) in [4.78, 5) is 26.5. The van der Waals surface area contributed by atoms with Crippen molar-refractivity contribution in [1.82, 2.24) is 15.6 Å². The quantitative estimate of drug-likeness (QED) is 0.713.